The minimum atomic E-state index is -4.71. The van der Waals surface area contributed by atoms with Gasteiger partial charge in [-0.3, -0.25) is 4.79 Å². The monoisotopic (exact) mass is 427 g/mol. The first-order chi connectivity index (χ1) is 14.9. The maximum Gasteiger partial charge on any atom is 0.471 e. The summed E-state index contributed by atoms with van der Waals surface area (Å²) in [6.07, 6.45) is -0.534. The number of hydrogen-bond acceptors (Lipinski definition) is 4. The third kappa shape index (κ3) is 3.60. The molecular formula is C23H20F3N3O2. The van der Waals surface area contributed by atoms with Crippen molar-refractivity contribution in [1.29, 1.82) is 0 Å². The second kappa shape index (κ2) is 7.51. The third-order valence-corrected chi connectivity index (χ3v) is 6.23. The summed E-state index contributed by atoms with van der Waals surface area (Å²) in [6, 6.07) is 15.3. The van der Waals surface area contributed by atoms with Gasteiger partial charge in [-0.05, 0) is 30.0 Å². The van der Waals surface area contributed by atoms with E-state index in [9.17, 15) is 18.0 Å². The first kappa shape index (κ1) is 19.8. The molecule has 160 valence electrons. The maximum atomic E-state index is 13.3. The van der Waals surface area contributed by atoms with Gasteiger partial charge < -0.3 is 9.42 Å². The number of benzene rings is 2. The summed E-state index contributed by atoms with van der Waals surface area (Å²) in [7, 11) is 0. The largest absolute Gasteiger partial charge is 0.471 e. The van der Waals surface area contributed by atoms with Gasteiger partial charge >= 0.3 is 12.1 Å². The van der Waals surface area contributed by atoms with Crippen molar-refractivity contribution in [3.05, 3.63) is 71.1 Å². The molecule has 1 saturated carbocycles. The van der Waals surface area contributed by atoms with Gasteiger partial charge in [0.25, 0.3) is 5.91 Å². The van der Waals surface area contributed by atoms with Crippen molar-refractivity contribution >= 4 is 5.91 Å². The Morgan fingerprint density at radius 3 is 2.55 bits per heavy atom. The molecule has 3 aromatic rings. The van der Waals surface area contributed by atoms with Crippen LogP contribution >= 0.6 is 0 Å². The number of rotatable bonds is 3. The van der Waals surface area contributed by atoms with Crippen LogP contribution in [-0.4, -0.2) is 27.0 Å². The highest BCUT2D eigenvalue weighted by Crippen LogP contribution is 2.40. The molecule has 2 atom stereocenters. The lowest BCUT2D eigenvalue weighted by atomic mass is 9.79. The summed E-state index contributed by atoms with van der Waals surface area (Å²) < 4.78 is 42.7. The molecular weight excluding hydrogens is 407 g/mol. The number of fused-ring (bicyclic) bond motifs is 1. The normalized spacial score (nSPS) is 21.4. The molecule has 1 aliphatic heterocycles. The molecule has 0 spiro atoms. The van der Waals surface area contributed by atoms with E-state index in [0.29, 0.717) is 17.7 Å². The van der Waals surface area contributed by atoms with Crippen molar-refractivity contribution in [2.45, 2.75) is 50.4 Å². The minimum Gasteiger partial charge on any atom is -0.331 e. The van der Waals surface area contributed by atoms with Crippen molar-refractivity contribution in [3.8, 4) is 11.4 Å². The van der Waals surface area contributed by atoms with E-state index < -0.39 is 12.1 Å². The first-order valence-electron chi connectivity index (χ1n) is 10.3. The van der Waals surface area contributed by atoms with Gasteiger partial charge in [0.15, 0.2) is 0 Å². The van der Waals surface area contributed by atoms with Gasteiger partial charge in [0.1, 0.15) is 0 Å². The Morgan fingerprint density at radius 2 is 1.81 bits per heavy atom. The summed E-state index contributed by atoms with van der Waals surface area (Å²) >= 11 is 0. The van der Waals surface area contributed by atoms with Crippen LogP contribution in [-0.2, 0) is 12.7 Å². The van der Waals surface area contributed by atoms with E-state index in [1.165, 1.54) is 5.56 Å². The van der Waals surface area contributed by atoms with Crippen molar-refractivity contribution in [1.82, 2.24) is 15.0 Å². The van der Waals surface area contributed by atoms with Crippen LogP contribution in [0.25, 0.3) is 11.4 Å². The van der Waals surface area contributed by atoms with Gasteiger partial charge in [0.2, 0.25) is 5.82 Å². The summed E-state index contributed by atoms with van der Waals surface area (Å²) in [4.78, 5) is 18.7. The first-order valence-corrected chi connectivity index (χ1v) is 10.3. The van der Waals surface area contributed by atoms with Crippen LogP contribution in [0, 0.1) is 0 Å². The van der Waals surface area contributed by atoms with Crippen LogP contribution in [0.1, 0.15) is 59.0 Å². The number of halogens is 3. The number of carbonyl (C=O) groups is 1. The molecule has 2 aromatic carbocycles. The molecule has 0 radical (unpaired) electrons. The average molecular weight is 427 g/mol. The molecule has 1 fully saturated rings. The van der Waals surface area contributed by atoms with Crippen molar-refractivity contribution < 1.29 is 22.5 Å². The van der Waals surface area contributed by atoms with Crippen molar-refractivity contribution in [2.75, 3.05) is 0 Å². The van der Waals surface area contributed by atoms with Gasteiger partial charge in [0.05, 0.1) is 0 Å². The molecule has 1 aliphatic carbocycles. The Bertz CT molecular complexity index is 1110. The summed E-state index contributed by atoms with van der Waals surface area (Å²) in [5.41, 5.74) is 2.93. The van der Waals surface area contributed by atoms with E-state index in [-0.39, 0.29) is 23.7 Å². The van der Waals surface area contributed by atoms with Gasteiger partial charge in [0, 0.05) is 29.6 Å². The highest BCUT2D eigenvalue weighted by atomic mass is 19.4. The Kier molecular flexibility index (Phi) is 4.79. The fourth-order valence-electron chi connectivity index (χ4n) is 4.76. The molecule has 0 N–H and O–H groups in total. The molecule has 0 saturated heterocycles. The van der Waals surface area contributed by atoms with Crippen LogP contribution in [0.2, 0.25) is 0 Å². The van der Waals surface area contributed by atoms with Gasteiger partial charge in [-0.25, -0.2) is 0 Å². The summed E-state index contributed by atoms with van der Waals surface area (Å²) in [6.45, 7) is 0.502. The standard InChI is InChI=1S/C23H20F3N3O2/c24-23(25,26)22-27-20(28-31-22)15-10-11-16-13-29(21(30)18(16)12-15)19-9-5-4-8-17(19)14-6-2-1-3-7-14/h1-3,6-7,10-12,17,19H,4-5,8-9,13H2. The lowest BCUT2D eigenvalue weighted by Gasteiger charge is -2.38. The Hall–Kier alpha value is -3.16. The number of aromatic nitrogens is 2. The number of nitrogens with zero attached hydrogens (tertiary/aromatic N) is 3. The van der Waals surface area contributed by atoms with Crippen LogP contribution in [0.5, 0.6) is 0 Å². The second-order valence-electron chi connectivity index (χ2n) is 8.09. The predicted octanol–water partition coefficient (Wildman–Crippen LogP) is 5.44. The van der Waals surface area contributed by atoms with Gasteiger partial charge in [-0.2, -0.15) is 18.2 Å². The number of amides is 1. The molecule has 5 nitrogen and oxygen atoms in total. The maximum absolute atomic E-state index is 13.3. The molecule has 0 bridgehead atoms. The molecule has 8 heteroatoms. The molecule has 1 amide bonds. The van der Waals surface area contributed by atoms with E-state index >= 15 is 0 Å². The molecule has 2 unspecified atom stereocenters. The van der Waals surface area contributed by atoms with E-state index in [0.717, 1.165) is 31.2 Å². The molecule has 2 heterocycles. The number of alkyl halides is 3. The smallest absolute Gasteiger partial charge is 0.331 e. The molecule has 31 heavy (non-hydrogen) atoms. The summed E-state index contributed by atoms with van der Waals surface area (Å²) in [5.74, 6) is -1.39. The quantitative estimate of drug-likeness (QED) is 0.559. The zero-order chi connectivity index (χ0) is 21.6. The van der Waals surface area contributed by atoms with E-state index in [1.54, 1.807) is 18.2 Å². The van der Waals surface area contributed by atoms with Gasteiger partial charge in [-0.1, -0.05) is 60.5 Å². The Labute approximate surface area is 176 Å². The topological polar surface area (TPSA) is 59.2 Å². The molecule has 1 aromatic heterocycles. The van der Waals surface area contributed by atoms with Crippen LogP contribution in [0.15, 0.2) is 53.1 Å². The highest BCUT2D eigenvalue weighted by molar-refractivity contribution is 5.99. The van der Waals surface area contributed by atoms with E-state index in [1.807, 2.05) is 23.1 Å². The lowest BCUT2D eigenvalue weighted by molar-refractivity contribution is -0.159. The average Bonchev–Trinajstić information content (AvgIpc) is 3.40. The van der Waals surface area contributed by atoms with Gasteiger partial charge in [-0.15, -0.1) is 0 Å². The number of carbonyl (C=O) groups excluding carboxylic acids is 1. The van der Waals surface area contributed by atoms with Crippen LogP contribution in [0.3, 0.4) is 0 Å². The zero-order valence-electron chi connectivity index (χ0n) is 16.6. The molecule has 2 aliphatic rings. The predicted molar refractivity (Wildman–Crippen MR) is 106 cm³/mol. The van der Waals surface area contributed by atoms with Crippen molar-refractivity contribution in [3.63, 3.8) is 0 Å². The second-order valence-corrected chi connectivity index (χ2v) is 8.09. The third-order valence-electron chi connectivity index (χ3n) is 6.23. The minimum absolute atomic E-state index is 0.0933. The fraction of sp³-hybridized carbons (Fsp3) is 0.348. The SMILES string of the molecule is O=C1c2cc(-c3noc(C(F)(F)F)n3)ccc2CN1C1CCCCC1c1ccccc1. The van der Waals surface area contributed by atoms with Crippen LogP contribution in [0.4, 0.5) is 13.2 Å². The Balaban J connectivity index is 1.43. The van der Waals surface area contributed by atoms with Crippen LogP contribution < -0.4 is 0 Å². The molecule has 5 rings (SSSR count). The number of hydrogen-bond donors (Lipinski definition) is 0. The highest BCUT2D eigenvalue weighted by Gasteiger charge is 2.40. The fourth-order valence-corrected chi connectivity index (χ4v) is 4.76. The van der Waals surface area contributed by atoms with E-state index in [4.69, 9.17) is 0 Å². The zero-order valence-corrected chi connectivity index (χ0v) is 16.6. The van der Waals surface area contributed by atoms with Crippen molar-refractivity contribution in [2.24, 2.45) is 0 Å². The lowest BCUT2D eigenvalue weighted by Crippen LogP contribution is -2.41. The van der Waals surface area contributed by atoms with E-state index in [2.05, 4.69) is 26.8 Å². The Morgan fingerprint density at radius 1 is 1.03 bits per heavy atom. The summed E-state index contributed by atoms with van der Waals surface area (Å²) in [5, 5.41) is 3.43.